The number of benzene rings is 4. The standard InChI is InChI=1S/C28H22BrN3O/c29-23-8-5-9-24(16-23)31-18-22(15-27(31)33)28-30-25-10-3-4-11-26(25)32(28)17-19-12-13-20-6-1-2-7-21(20)14-19/h1-14,16,22H,15,17-18H2. The number of carbonyl (C=O) groups excluding carboxylic acids is 1. The van der Waals surface area contributed by atoms with Crippen LogP contribution in [0.25, 0.3) is 21.8 Å². The third-order valence-electron chi connectivity index (χ3n) is 6.45. The number of imidazole rings is 1. The molecule has 1 aliphatic heterocycles. The van der Waals surface area contributed by atoms with E-state index in [1.54, 1.807) is 0 Å². The molecule has 0 spiro atoms. The molecule has 1 aliphatic rings. The fourth-order valence-electron chi connectivity index (χ4n) is 4.87. The molecule has 1 fully saturated rings. The summed E-state index contributed by atoms with van der Waals surface area (Å²) in [4.78, 5) is 19.9. The maximum absolute atomic E-state index is 13.0. The van der Waals surface area contributed by atoms with E-state index < -0.39 is 0 Å². The largest absolute Gasteiger partial charge is 0.323 e. The number of nitrogens with zero attached hydrogens (tertiary/aromatic N) is 3. The molecule has 4 aromatic carbocycles. The first-order valence-corrected chi connectivity index (χ1v) is 11.9. The van der Waals surface area contributed by atoms with Gasteiger partial charge in [0, 0.05) is 35.6 Å². The second-order valence-corrected chi connectivity index (χ2v) is 9.53. The van der Waals surface area contributed by atoms with Crippen LogP contribution in [-0.4, -0.2) is 22.0 Å². The van der Waals surface area contributed by atoms with Crippen molar-refractivity contribution in [2.45, 2.75) is 18.9 Å². The zero-order valence-electron chi connectivity index (χ0n) is 18.0. The van der Waals surface area contributed by atoms with Crippen LogP contribution in [0.2, 0.25) is 0 Å². The Morgan fingerprint density at radius 1 is 0.879 bits per heavy atom. The summed E-state index contributed by atoms with van der Waals surface area (Å²) in [5, 5.41) is 2.47. The Hall–Kier alpha value is -3.44. The minimum Gasteiger partial charge on any atom is -0.323 e. The summed E-state index contributed by atoms with van der Waals surface area (Å²) in [6, 6.07) is 31.2. The van der Waals surface area contributed by atoms with E-state index in [2.05, 4.69) is 81.2 Å². The summed E-state index contributed by atoms with van der Waals surface area (Å²) in [5.41, 5.74) is 4.23. The van der Waals surface area contributed by atoms with E-state index in [0.717, 1.165) is 33.6 Å². The van der Waals surface area contributed by atoms with E-state index in [9.17, 15) is 4.79 Å². The number of hydrogen-bond acceptors (Lipinski definition) is 2. The second-order valence-electron chi connectivity index (χ2n) is 8.61. The number of halogens is 1. The minimum atomic E-state index is 0.0457. The molecule has 1 unspecified atom stereocenters. The van der Waals surface area contributed by atoms with Crippen molar-refractivity contribution in [1.29, 1.82) is 0 Å². The molecule has 0 saturated carbocycles. The van der Waals surface area contributed by atoms with Gasteiger partial charge in [-0.2, -0.15) is 0 Å². The van der Waals surface area contributed by atoms with Gasteiger partial charge >= 0.3 is 0 Å². The number of para-hydroxylation sites is 2. The third-order valence-corrected chi connectivity index (χ3v) is 6.94. The van der Waals surface area contributed by atoms with Gasteiger partial charge in [-0.1, -0.05) is 70.5 Å². The van der Waals surface area contributed by atoms with Crippen LogP contribution in [0.5, 0.6) is 0 Å². The van der Waals surface area contributed by atoms with Crippen molar-refractivity contribution in [1.82, 2.24) is 9.55 Å². The summed E-state index contributed by atoms with van der Waals surface area (Å²) >= 11 is 3.52. The quantitative estimate of drug-likeness (QED) is 0.284. The van der Waals surface area contributed by atoms with Crippen LogP contribution >= 0.6 is 15.9 Å². The first-order valence-electron chi connectivity index (χ1n) is 11.1. The molecule has 1 saturated heterocycles. The second kappa shape index (κ2) is 8.16. The minimum absolute atomic E-state index is 0.0457. The summed E-state index contributed by atoms with van der Waals surface area (Å²) < 4.78 is 3.27. The highest BCUT2D eigenvalue weighted by Crippen LogP contribution is 2.34. The molecule has 4 nitrogen and oxygen atoms in total. The molecule has 5 heteroatoms. The molecule has 2 heterocycles. The lowest BCUT2D eigenvalue weighted by Crippen LogP contribution is -2.24. The van der Waals surface area contributed by atoms with Crippen molar-refractivity contribution in [3.05, 3.63) is 107 Å². The molecule has 6 rings (SSSR count). The van der Waals surface area contributed by atoms with Crippen LogP contribution in [-0.2, 0) is 11.3 Å². The molecule has 1 amide bonds. The van der Waals surface area contributed by atoms with E-state index in [4.69, 9.17) is 4.98 Å². The molecule has 0 radical (unpaired) electrons. The Bertz CT molecular complexity index is 1510. The first-order chi connectivity index (χ1) is 16.2. The molecule has 0 N–H and O–H groups in total. The lowest BCUT2D eigenvalue weighted by molar-refractivity contribution is -0.117. The summed E-state index contributed by atoms with van der Waals surface area (Å²) in [6.07, 6.45) is 0.466. The molecular formula is C28H22BrN3O. The Morgan fingerprint density at radius 2 is 1.70 bits per heavy atom. The SMILES string of the molecule is O=C1CC(c2nc3ccccc3n2Cc2ccc3ccccc3c2)CN1c1cccc(Br)c1. The molecule has 5 aromatic rings. The normalized spacial score (nSPS) is 16.2. The Labute approximate surface area is 200 Å². The highest BCUT2D eigenvalue weighted by atomic mass is 79.9. The lowest BCUT2D eigenvalue weighted by atomic mass is 10.1. The van der Waals surface area contributed by atoms with Gasteiger partial charge in [-0.15, -0.1) is 0 Å². The molecule has 162 valence electrons. The highest BCUT2D eigenvalue weighted by molar-refractivity contribution is 9.10. The highest BCUT2D eigenvalue weighted by Gasteiger charge is 2.35. The van der Waals surface area contributed by atoms with Gasteiger partial charge in [0.15, 0.2) is 0 Å². The first kappa shape index (κ1) is 20.2. The molecule has 0 bridgehead atoms. The monoisotopic (exact) mass is 495 g/mol. The summed E-state index contributed by atoms with van der Waals surface area (Å²) in [5.74, 6) is 1.17. The molecule has 33 heavy (non-hydrogen) atoms. The molecular weight excluding hydrogens is 474 g/mol. The van der Waals surface area contributed by atoms with Crippen molar-refractivity contribution in [3.63, 3.8) is 0 Å². The van der Waals surface area contributed by atoms with E-state index in [0.29, 0.717) is 13.0 Å². The maximum atomic E-state index is 13.0. The van der Waals surface area contributed by atoms with Crippen molar-refractivity contribution >= 4 is 49.3 Å². The van der Waals surface area contributed by atoms with Crippen molar-refractivity contribution in [2.75, 3.05) is 11.4 Å². The average Bonchev–Trinajstić information content (AvgIpc) is 3.40. The van der Waals surface area contributed by atoms with E-state index in [-0.39, 0.29) is 11.8 Å². The van der Waals surface area contributed by atoms with Crippen LogP contribution in [0.3, 0.4) is 0 Å². The number of carbonyl (C=O) groups is 1. The summed E-state index contributed by atoms with van der Waals surface area (Å²) in [7, 11) is 0. The van der Waals surface area contributed by atoms with Crippen molar-refractivity contribution in [2.24, 2.45) is 0 Å². The van der Waals surface area contributed by atoms with E-state index in [1.807, 2.05) is 35.2 Å². The predicted octanol–water partition coefficient (Wildman–Crippen LogP) is 6.52. The molecule has 1 aromatic heterocycles. The lowest BCUT2D eigenvalue weighted by Gasteiger charge is -2.18. The van der Waals surface area contributed by atoms with Crippen molar-refractivity contribution < 1.29 is 4.79 Å². The van der Waals surface area contributed by atoms with Crippen LogP contribution in [0.1, 0.15) is 23.7 Å². The van der Waals surface area contributed by atoms with Gasteiger partial charge in [-0.05, 0) is 52.7 Å². The number of rotatable bonds is 4. The number of hydrogen-bond donors (Lipinski definition) is 0. The van der Waals surface area contributed by atoms with Gasteiger partial charge < -0.3 is 9.47 Å². The smallest absolute Gasteiger partial charge is 0.227 e. The fraction of sp³-hybridized carbons (Fsp3) is 0.143. The van der Waals surface area contributed by atoms with Gasteiger partial charge in [0.25, 0.3) is 0 Å². The van der Waals surface area contributed by atoms with Gasteiger partial charge in [-0.25, -0.2) is 4.98 Å². The average molecular weight is 496 g/mol. The number of aromatic nitrogens is 2. The maximum Gasteiger partial charge on any atom is 0.227 e. The van der Waals surface area contributed by atoms with Crippen LogP contribution in [0.4, 0.5) is 5.69 Å². The predicted molar refractivity (Wildman–Crippen MR) is 137 cm³/mol. The van der Waals surface area contributed by atoms with Gasteiger partial charge in [0.2, 0.25) is 5.91 Å². The number of anilines is 1. The van der Waals surface area contributed by atoms with Gasteiger partial charge in [-0.3, -0.25) is 4.79 Å². The molecule has 1 atom stereocenters. The van der Waals surface area contributed by atoms with Crippen LogP contribution in [0, 0.1) is 0 Å². The van der Waals surface area contributed by atoms with Gasteiger partial charge in [0.05, 0.1) is 11.0 Å². The Kier molecular flexibility index (Phi) is 4.99. The number of fused-ring (bicyclic) bond motifs is 2. The van der Waals surface area contributed by atoms with Crippen molar-refractivity contribution in [3.8, 4) is 0 Å². The molecule has 0 aliphatic carbocycles. The topological polar surface area (TPSA) is 38.1 Å². The Balaban J connectivity index is 1.39. The summed E-state index contributed by atoms with van der Waals surface area (Å²) in [6.45, 7) is 1.36. The van der Waals surface area contributed by atoms with E-state index in [1.165, 1.54) is 16.3 Å². The zero-order chi connectivity index (χ0) is 22.4. The van der Waals surface area contributed by atoms with Crippen LogP contribution in [0.15, 0.2) is 95.5 Å². The third kappa shape index (κ3) is 3.72. The number of amides is 1. The Morgan fingerprint density at radius 3 is 2.58 bits per heavy atom. The van der Waals surface area contributed by atoms with E-state index >= 15 is 0 Å². The van der Waals surface area contributed by atoms with Gasteiger partial charge in [0.1, 0.15) is 5.82 Å². The fourth-order valence-corrected chi connectivity index (χ4v) is 5.25. The zero-order valence-corrected chi connectivity index (χ0v) is 19.6. The van der Waals surface area contributed by atoms with Crippen LogP contribution < -0.4 is 4.90 Å².